The summed E-state index contributed by atoms with van der Waals surface area (Å²) in [5.41, 5.74) is 5.10. The maximum absolute atomic E-state index is 14.6. The van der Waals surface area contributed by atoms with Gasteiger partial charge in [-0.2, -0.15) is 9.61 Å². The number of anilines is 3. The number of fused-ring (bicyclic) bond motifs is 2. The number of hydrogen-bond donors (Lipinski definition) is 3. The summed E-state index contributed by atoms with van der Waals surface area (Å²) in [5, 5.41) is 13.9. The number of carbonyl (C=O) groups is 2. The highest BCUT2D eigenvalue weighted by Gasteiger charge is 2.28. The van der Waals surface area contributed by atoms with Crippen molar-refractivity contribution in [3.8, 4) is 17.0 Å². The van der Waals surface area contributed by atoms with Gasteiger partial charge in [0.25, 0.3) is 5.91 Å². The van der Waals surface area contributed by atoms with Crippen molar-refractivity contribution in [2.24, 2.45) is 0 Å². The molecule has 1 aliphatic heterocycles. The van der Waals surface area contributed by atoms with Crippen LogP contribution in [-0.4, -0.2) is 50.3 Å². The van der Waals surface area contributed by atoms with E-state index in [1.165, 1.54) is 12.3 Å². The van der Waals surface area contributed by atoms with Gasteiger partial charge in [0.05, 0.1) is 30.6 Å². The lowest BCUT2D eigenvalue weighted by molar-refractivity contribution is 0.0931. The van der Waals surface area contributed by atoms with Crippen molar-refractivity contribution < 1.29 is 23.5 Å². The Kier molecular flexibility index (Phi) is 10.1. The molecule has 7 rings (SSSR count). The van der Waals surface area contributed by atoms with E-state index in [9.17, 15) is 14.0 Å². The van der Waals surface area contributed by atoms with E-state index >= 15 is 0 Å². The number of hydrogen-bond acceptors (Lipinski definition) is 9. The molecule has 6 aromatic rings. The number of halogens is 1. The molecular formula is C40H39FN8O4. The van der Waals surface area contributed by atoms with Gasteiger partial charge in [0.15, 0.2) is 5.65 Å². The zero-order valence-corrected chi connectivity index (χ0v) is 29.5. The maximum Gasteiger partial charge on any atom is 0.411 e. The molecule has 0 fully saturated rings. The lowest BCUT2D eigenvalue weighted by Gasteiger charge is -2.29. The van der Waals surface area contributed by atoms with Crippen LogP contribution in [0.5, 0.6) is 5.88 Å². The van der Waals surface area contributed by atoms with Gasteiger partial charge in [-0.05, 0) is 55.7 Å². The first-order chi connectivity index (χ1) is 25.7. The molecular weight excluding hydrogens is 675 g/mol. The standard InChI is InChI=1S/C40H39FN8O4/c1-25(2)52-40(51)46-32-16-14-29(15-17-32)34-35-42-20-30-18-31(41)21-44-38(30)53-26(3)19-43-37(50)33-22-45-49(36(33)47-35)39(34)48(23-27-10-6-4-7-11-27)24-28-12-8-5-9-13-28/h4-18,21-22,25-26H,19-20,23-24H2,1-3H3,(H,42,47)(H,43,50)(H,46,51)/t26-/m0/s1. The molecule has 13 heteroatoms. The zero-order valence-electron chi connectivity index (χ0n) is 29.5. The van der Waals surface area contributed by atoms with Crippen LogP contribution in [0, 0.1) is 5.82 Å². The average Bonchev–Trinajstić information content (AvgIpc) is 3.57. The van der Waals surface area contributed by atoms with Gasteiger partial charge in [0, 0.05) is 30.9 Å². The Morgan fingerprint density at radius 3 is 2.34 bits per heavy atom. The Morgan fingerprint density at radius 2 is 1.68 bits per heavy atom. The first-order valence-electron chi connectivity index (χ1n) is 17.4. The molecule has 12 nitrogen and oxygen atoms in total. The summed E-state index contributed by atoms with van der Waals surface area (Å²) in [6.45, 7) is 6.59. The van der Waals surface area contributed by atoms with Crippen LogP contribution in [-0.2, 0) is 24.4 Å². The zero-order chi connectivity index (χ0) is 36.9. The molecule has 270 valence electrons. The van der Waals surface area contributed by atoms with Crippen molar-refractivity contribution >= 4 is 35.0 Å². The molecule has 0 radical (unpaired) electrons. The van der Waals surface area contributed by atoms with Gasteiger partial charge in [-0.25, -0.2) is 19.2 Å². The summed E-state index contributed by atoms with van der Waals surface area (Å²) in [5.74, 6) is 0.416. The molecule has 2 bridgehead atoms. The van der Waals surface area contributed by atoms with Crippen molar-refractivity contribution in [2.45, 2.75) is 52.6 Å². The minimum atomic E-state index is -0.563. The fourth-order valence-corrected chi connectivity index (χ4v) is 6.16. The highest BCUT2D eigenvalue weighted by Crippen LogP contribution is 2.40. The normalized spacial score (nSPS) is 14.2. The predicted molar refractivity (Wildman–Crippen MR) is 200 cm³/mol. The van der Waals surface area contributed by atoms with Crippen LogP contribution < -0.4 is 25.6 Å². The van der Waals surface area contributed by atoms with Gasteiger partial charge >= 0.3 is 6.09 Å². The van der Waals surface area contributed by atoms with Gasteiger partial charge < -0.3 is 25.0 Å². The number of amides is 2. The second-order valence-corrected chi connectivity index (χ2v) is 13.0. The molecule has 2 amide bonds. The Morgan fingerprint density at radius 1 is 1.00 bits per heavy atom. The highest BCUT2D eigenvalue weighted by molar-refractivity contribution is 6.01. The van der Waals surface area contributed by atoms with Gasteiger partial charge in [-0.1, -0.05) is 72.8 Å². The number of ether oxygens (including phenoxy) is 2. The summed E-state index contributed by atoms with van der Waals surface area (Å²) >= 11 is 0. The molecule has 3 aromatic heterocycles. The minimum Gasteiger partial charge on any atom is -0.473 e. The van der Waals surface area contributed by atoms with E-state index in [2.05, 4.69) is 50.1 Å². The van der Waals surface area contributed by atoms with Gasteiger partial charge in [-0.3, -0.25) is 10.1 Å². The fourth-order valence-electron chi connectivity index (χ4n) is 6.16. The summed E-state index contributed by atoms with van der Waals surface area (Å²) in [4.78, 5) is 37.6. The number of nitrogens with zero attached hydrogens (tertiary/aromatic N) is 5. The molecule has 1 atom stereocenters. The summed E-state index contributed by atoms with van der Waals surface area (Å²) in [7, 11) is 0. The molecule has 0 spiro atoms. The lowest BCUT2D eigenvalue weighted by Crippen LogP contribution is -2.34. The molecule has 0 saturated carbocycles. The Bertz CT molecular complexity index is 2190. The maximum atomic E-state index is 14.6. The van der Waals surface area contributed by atoms with E-state index < -0.39 is 18.0 Å². The SMILES string of the molecule is CC(C)OC(=O)Nc1ccc(-c2c3nc4c(cnn4c2N(Cc2ccccc2)Cc2ccccc2)C(=O)NC[C@H](C)Oc2ncc(F)cc2CN3)cc1. The van der Waals surface area contributed by atoms with E-state index in [0.717, 1.165) is 22.9 Å². The molecule has 0 unspecified atom stereocenters. The van der Waals surface area contributed by atoms with E-state index in [4.69, 9.17) is 19.6 Å². The third-order valence-electron chi connectivity index (χ3n) is 8.56. The first-order valence-corrected chi connectivity index (χ1v) is 17.4. The average molecular weight is 715 g/mol. The molecule has 0 saturated heterocycles. The molecule has 3 N–H and O–H groups in total. The number of benzene rings is 3. The van der Waals surface area contributed by atoms with Crippen molar-refractivity contribution in [1.82, 2.24) is 24.9 Å². The number of carbonyl (C=O) groups excluding carboxylic acids is 2. The van der Waals surface area contributed by atoms with Crippen molar-refractivity contribution in [3.63, 3.8) is 0 Å². The Labute approximate surface area is 306 Å². The van der Waals surface area contributed by atoms with E-state index in [0.29, 0.717) is 47.2 Å². The van der Waals surface area contributed by atoms with Crippen LogP contribution in [0.3, 0.4) is 0 Å². The van der Waals surface area contributed by atoms with Gasteiger partial charge in [0.2, 0.25) is 5.88 Å². The highest BCUT2D eigenvalue weighted by atomic mass is 19.1. The molecule has 3 aromatic carbocycles. The number of rotatable bonds is 8. The van der Waals surface area contributed by atoms with Gasteiger partial charge in [0.1, 0.15) is 29.1 Å². The van der Waals surface area contributed by atoms with E-state index in [1.807, 2.05) is 48.5 Å². The fraction of sp³-hybridized carbons (Fsp3) is 0.225. The topological polar surface area (TPSA) is 135 Å². The number of aromatic nitrogens is 4. The predicted octanol–water partition coefficient (Wildman–Crippen LogP) is 7.22. The summed E-state index contributed by atoms with van der Waals surface area (Å²) in [6, 6.07) is 28.8. The van der Waals surface area contributed by atoms with E-state index in [-0.39, 0.29) is 36.5 Å². The Hall–Kier alpha value is -6.50. The molecule has 53 heavy (non-hydrogen) atoms. The van der Waals surface area contributed by atoms with Crippen molar-refractivity contribution in [1.29, 1.82) is 0 Å². The molecule has 0 aliphatic carbocycles. The van der Waals surface area contributed by atoms with Crippen LogP contribution in [0.15, 0.2) is 103 Å². The van der Waals surface area contributed by atoms with Crippen LogP contribution in [0.1, 0.15) is 47.8 Å². The summed E-state index contributed by atoms with van der Waals surface area (Å²) < 4.78 is 27.7. The molecule has 4 heterocycles. The third-order valence-corrected chi connectivity index (χ3v) is 8.56. The Balaban J connectivity index is 1.45. The van der Waals surface area contributed by atoms with Crippen LogP contribution >= 0.6 is 0 Å². The van der Waals surface area contributed by atoms with E-state index in [1.54, 1.807) is 37.4 Å². The minimum absolute atomic E-state index is 0.103. The second-order valence-electron chi connectivity index (χ2n) is 13.0. The van der Waals surface area contributed by atoms with Crippen LogP contribution in [0.4, 0.5) is 26.5 Å². The summed E-state index contributed by atoms with van der Waals surface area (Å²) in [6.07, 6.45) is 1.30. The monoisotopic (exact) mass is 714 g/mol. The first kappa shape index (κ1) is 34.9. The van der Waals surface area contributed by atoms with Crippen molar-refractivity contribution in [2.75, 3.05) is 22.1 Å². The quantitative estimate of drug-likeness (QED) is 0.149. The number of nitrogens with one attached hydrogen (secondary N) is 3. The largest absolute Gasteiger partial charge is 0.473 e. The third kappa shape index (κ3) is 8.04. The second kappa shape index (κ2) is 15.4. The smallest absolute Gasteiger partial charge is 0.411 e. The van der Waals surface area contributed by atoms with Crippen LogP contribution in [0.2, 0.25) is 0 Å². The van der Waals surface area contributed by atoms with Crippen LogP contribution in [0.25, 0.3) is 16.8 Å². The van der Waals surface area contributed by atoms with Crippen molar-refractivity contribution in [3.05, 3.63) is 131 Å². The molecule has 1 aliphatic rings. The van der Waals surface area contributed by atoms with Gasteiger partial charge in [-0.15, -0.1) is 0 Å². The number of pyridine rings is 1. The lowest BCUT2D eigenvalue weighted by atomic mass is 10.0.